The van der Waals surface area contributed by atoms with Crippen molar-refractivity contribution in [1.29, 1.82) is 0 Å². The fourth-order valence-electron chi connectivity index (χ4n) is 6.96. The Kier molecular flexibility index (Phi) is 10.5. The highest BCUT2D eigenvalue weighted by molar-refractivity contribution is 7.90. The number of carbonyl (C=O) groups excluding carboxylic acids is 5. The number of benzene rings is 1. The molecule has 12 nitrogen and oxygen atoms in total. The van der Waals surface area contributed by atoms with E-state index in [2.05, 4.69) is 16.0 Å². The molecule has 2 aliphatic carbocycles. The number of hydrogen-bond acceptors (Lipinski definition) is 7. The Bertz CT molecular complexity index is 1530. The van der Waals surface area contributed by atoms with Crippen LogP contribution in [0.25, 0.3) is 0 Å². The Balaban J connectivity index is 1.51. The second kappa shape index (κ2) is 13.4. The smallest absolute Gasteiger partial charge is 0.315 e. The Labute approximate surface area is 284 Å². The van der Waals surface area contributed by atoms with Gasteiger partial charge in [0, 0.05) is 12.6 Å². The van der Waals surface area contributed by atoms with Crippen molar-refractivity contribution in [3.8, 4) is 0 Å². The van der Waals surface area contributed by atoms with Crippen molar-refractivity contribution < 1.29 is 32.4 Å². The minimum absolute atomic E-state index is 0.0421. The lowest BCUT2D eigenvalue weighted by Crippen LogP contribution is -2.62. The number of amides is 5. The van der Waals surface area contributed by atoms with Crippen LogP contribution in [0.5, 0.6) is 0 Å². The van der Waals surface area contributed by atoms with Gasteiger partial charge < -0.3 is 26.6 Å². The van der Waals surface area contributed by atoms with Gasteiger partial charge in [0.1, 0.15) is 12.1 Å². The van der Waals surface area contributed by atoms with Crippen molar-refractivity contribution in [3.05, 3.63) is 35.9 Å². The summed E-state index contributed by atoms with van der Waals surface area (Å²) in [6.45, 7) is 15.3. The molecule has 5 N–H and O–H groups in total. The Morgan fingerprint density at radius 3 is 2.06 bits per heavy atom. The zero-order chi connectivity index (χ0) is 36.0. The van der Waals surface area contributed by atoms with Gasteiger partial charge in [-0.15, -0.1) is 0 Å². The summed E-state index contributed by atoms with van der Waals surface area (Å²) < 4.78 is 26.4. The Hall–Kier alpha value is -3.48. The van der Waals surface area contributed by atoms with Crippen LogP contribution in [0.15, 0.2) is 30.3 Å². The van der Waals surface area contributed by atoms with Crippen LogP contribution >= 0.6 is 0 Å². The molecule has 1 aromatic rings. The van der Waals surface area contributed by atoms with Crippen LogP contribution in [0.4, 0.5) is 4.79 Å². The minimum Gasteiger partial charge on any atom is -0.363 e. The van der Waals surface area contributed by atoms with E-state index in [1.807, 2.05) is 40.7 Å². The third kappa shape index (κ3) is 8.75. The van der Waals surface area contributed by atoms with Gasteiger partial charge in [0.25, 0.3) is 5.91 Å². The van der Waals surface area contributed by atoms with Crippen molar-refractivity contribution in [2.24, 2.45) is 39.7 Å². The first-order valence-corrected chi connectivity index (χ1v) is 18.6. The van der Waals surface area contributed by atoms with Gasteiger partial charge in [-0.1, -0.05) is 98.6 Å². The highest BCUT2D eigenvalue weighted by atomic mass is 32.2. The molecule has 6 atom stereocenters. The summed E-state index contributed by atoms with van der Waals surface area (Å²) in [5.74, 6) is -3.32. The topological polar surface area (TPSA) is 185 Å². The van der Waals surface area contributed by atoms with E-state index in [0.717, 1.165) is 12.8 Å². The molecule has 3 aliphatic rings. The van der Waals surface area contributed by atoms with E-state index in [0.29, 0.717) is 18.5 Å². The predicted molar refractivity (Wildman–Crippen MR) is 182 cm³/mol. The normalized spacial score (nSPS) is 23.7. The van der Waals surface area contributed by atoms with Crippen molar-refractivity contribution in [2.45, 2.75) is 105 Å². The number of hydrogen-bond donors (Lipinski definition) is 4. The first-order chi connectivity index (χ1) is 22.0. The SMILES string of the molecule is CC1(C)C2CN(C(=O)[C@@H](NC(=O)N[C@H](CS(=O)(=O)Cc3ccccc3)C(C)(C)C)C(C)(C)C)[C@H](C(=O)NC(CC3CC3)C(=O)C(N)=O)C21. The number of carbonyl (C=O) groups is 5. The van der Waals surface area contributed by atoms with Crippen LogP contribution in [-0.2, 0) is 34.8 Å². The number of likely N-dealkylation sites (tertiary alicyclic amines) is 1. The van der Waals surface area contributed by atoms with E-state index in [-0.39, 0.29) is 34.7 Å². The van der Waals surface area contributed by atoms with E-state index in [4.69, 9.17) is 5.73 Å². The molecule has 0 spiro atoms. The molecule has 0 aromatic heterocycles. The second-order valence-corrected chi connectivity index (χ2v) is 18.8. The van der Waals surface area contributed by atoms with Crippen LogP contribution in [-0.4, -0.2) is 79.3 Å². The van der Waals surface area contributed by atoms with Crippen LogP contribution in [0, 0.1) is 34.0 Å². The van der Waals surface area contributed by atoms with E-state index in [1.54, 1.807) is 45.0 Å². The molecule has 1 aliphatic heterocycles. The maximum absolute atomic E-state index is 14.3. The van der Waals surface area contributed by atoms with Gasteiger partial charge in [0.15, 0.2) is 9.84 Å². The number of nitrogens with one attached hydrogen (secondary N) is 3. The number of urea groups is 1. The van der Waals surface area contributed by atoms with Crippen molar-refractivity contribution in [1.82, 2.24) is 20.9 Å². The van der Waals surface area contributed by atoms with Gasteiger partial charge in [0.2, 0.25) is 17.6 Å². The largest absolute Gasteiger partial charge is 0.363 e. The van der Waals surface area contributed by atoms with Gasteiger partial charge >= 0.3 is 6.03 Å². The minimum atomic E-state index is -3.62. The van der Waals surface area contributed by atoms with Crippen molar-refractivity contribution in [2.75, 3.05) is 12.3 Å². The van der Waals surface area contributed by atoms with Crippen molar-refractivity contribution >= 4 is 39.4 Å². The first-order valence-electron chi connectivity index (χ1n) is 16.8. The summed E-state index contributed by atoms with van der Waals surface area (Å²) in [5.41, 5.74) is 4.31. The number of piperidine rings is 1. The summed E-state index contributed by atoms with van der Waals surface area (Å²) in [5, 5.41) is 8.38. The van der Waals surface area contributed by atoms with Gasteiger partial charge in [-0.2, -0.15) is 0 Å². The molecule has 2 saturated carbocycles. The third-order valence-electron chi connectivity index (χ3n) is 10.3. The Morgan fingerprint density at radius 1 is 0.938 bits per heavy atom. The Morgan fingerprint density at radius 2 is 1.54 bits per heavy atom. The number of rotatable bonds is 13. The lowest BCUT2D eigenvalue weighted by atomic mass is 9.85. The molecule has 1 saturated heterocycles. The zero-order valence-electron chi connectivity index (χ0n) is 29.5. The third-order valence-corrected chi connectivity index (χ3v) is 11.9. The molecule has 0 bridgehead atoms. The van der Waals surface area contributed by atoms with Crippen LogP contribution in [0.2, 0.25) is 0 Å². The monoisotopic (exact) mass is 687 g/mol. The summed E-state index contributed by atoms with van der Waals surface area (Å²) in [4.78, 5) is 67.6. The number of ketones is 1. The molecule has 0 radical (unpaired) electrons. The molecule has 1 aromatic carbocycles. The maximum Gasteiger partial charge on any atom is 0.315 e. The molecule has 48 heavy (non-hydrogen) atoms. The van der Waals surface area contributed by atoms with Crippen LogP contribution in [0.3, 0.4) is 0 Å². The summed E-state index contributed by atoms with van der Waals surface area (Å²) >= 11 is 0. The van der Waals surface area contributed by atoms with Crippen LogP contribution in [0.1, 0.15) is 80.2 Å². The van der Waals surface area contributed by atoms with Gasteiger partial charge in [-0.05, 0) is 46.0 Å². The van der Waals surface area contributed by atoms with Gasteiger partial charge in [-0.25, -0.2) is 13.2 Å². The fourth-order valence-corrected chi connectivity index (χ4v) is 8.86. The highest BCUT2D eigenvalue weighted by Gasteiger charge is 2.70. The number of nitrogens with two attached hydrogens (primary N) is 1. The molecule has 266 valence electrons. The summed E-state index contributed by atoms with van der Waals surface area (Å²) in [7, 11) is -3.62. The molecular formula is C35H53N5O7S. The standard InChI is InChI=1S/C35H53N5O7S/c1-33(2,3)24(19-48(46,47)18-21-12-10-9-11-13-21)38-32(45)39-28(34(4,5)6)31(44)40-17-22-25(35(22,7)8)26(40)30(43)37-23(16-20-14-15-20)27(41)29(36)42/h9-13,20,22-26,28H,14-19H2,1-8H3,(H2,36,42)(H,37,43)(H2,38,39,45)/t22?,23?,24-,25?,26+,28-/m1/s1. The zero-order valence-corrected chi connectivity index (χ0v) is 30.3. The molecule has 5 amide bonds. The molecule has 3 fully saturated rings. The number of Topliss-reactive ketones (excluding diaryl/α,β-unsaturated/α-hetero) is 1. The van der Waals surface area contributed by atoms with E-state index in [9.17, 15) is 32.4 Å². The lowest BCUT2D eigenvalue weighted by Gasteiger charge is -2.38. The molecule has 4 rings (SSSR count). The average molecular weight is 688 g/mol. The van der Waals surface area contributed by atoms with Gasteiger partial charge in [0.05, 0.1) is 17.5 Å². The highest BCUT2D eigenvalue weighted by Crippen LogP contribution is 2.65. The lowest BCUT2D eigenvalue weighted by molar-refractivity contribution is -0.145. The summed E-state index contributed by atoms with van der Waals surface area (Å²) in [6, 6.07) is 4.34. The number of sulfone groups is 1. The second-order valence-electron chi connectivity index (χ2n) is 16.7. The maximum atomic E-state index is 14.3. The summed E-state index contributed by atoms with van der Waals surface area (Å²) in [6.07, 6.45) is 2.12. The molecule has 3 unspecified atom stereocenters. The molecular weight excluding hydrogens is 634 g/mol. The van der Waals surface area contributed by atoms with E-state index < -0.39 is 74.4 Å². The number of primary amides is 1. The molecule has 13 heteroatoms. The van der Waals surface area contributed by atoms with Gasteiger partial charge in [-0.3, -0.25) is 19.2 Å². The fraction of sp³-hybridized carbons (Fsp3) is 0.686. The van der Waals surface area contributed by atoms with E-state index in [1.165, 1.54) is 4.90 Å². The predicted octanol–water partition coefficient (Wildman–Crippen LogP) is 2.55. The average Bonchev–Trinajstić information content (AvgIpc) is 3.81. The van der Waals surface area contributed by atoms with Crippen LogP contribution < -0.4 is 21.7 Å². The quantitative estimate of drug-likeness (QED) is 0.230. The number of nitrogens with zero attached hydrogens (tertiary/aromatic N) is 1. The first kappa shape index (κ1) is 37.3. The number of fused-ring (bicyclic) bond motifs is 1. The molecule has 1 heterocycles. The van der Waals surface area contributed by atoms with Crippen molar-refractivity contribution in [3.63, 3.8) is 0 Å². The van der Waals surface area contributed by atoms with E-state index >= 15 is 0 Å².